The molecule has 10 heteroatoms. The number of aromatic hydroxyl groups is 2. The van der Waals surface area contributed by atoms with Gasteiger partial charge in [0.15, 0.2) is 29.3 Å². The molecule has 10 nitrogen and oxygen atoms in total. The fraction of sp³-hybridized carbons (Fsp3) is 0.520. The van der Waals surface area contributed by atoms with Crippen LogP contribution in [-0.2, 0) is 22.3 Å². The molecular formula is C25H34O10. The van der Waals surface area contributed by atoms with Crippen LogP contribution in [0.5, 0.6) is 23.0 Å². The SMILES string of the molecule is COc1cc(CCC(COC2OC(CO)C(O)C(O)C2O)Cc2ccc(O)c(OC)c2)ccc1O. The number of aryl methyl sites for hydroxylation is 1. The van der Waals surface area contributed by atoms with E-state index in [4.69, 9.17) is 18.9 Å². The first-order valence-corrected chi connectivity index (χ1v) is 11.4. The molecule has 2 aromatic rings. The van der Waals surface area contributed by atoms with Gasteiger partial charge in [-0.25, -0.2) is 0 Å². The maximum atomic E-state index is 10.3. The molecule has 0 amide bonds. The lowest BCUT2D eigenvalue weighted by molar-refractivity contribution is -0.303. The second kappa shape index (κ2) is 12.4. The molecule has 2 aromatic carbocycles. The molecule has 6 N–H and O–H groups in total. The first-order valence-electron chi connectivity index (χ1n) is 11.4. The largest absolute Gasteiger partial charge is 0.504 e. The summed E-state index contributed by atoms with van der Waals surface area (Å²) >= 11 is 0. The second-order valence-electron chi connectivity index (χ2n) is 8.65. The van der Waals surface area contributed by atoms with Crippen molar-refractivity contribution in [2.24, 2.45) is 5.92 Å². The van der Waals surface area contributed by atoms with Crippen LogP contribution >= 0.6 is 0 Å². The third-order valence-electron chi connectivity index (χ3n) is 6.20. The quantitative estimate of drug-likeness (QED) is 0.263. The van der Waals surface area contributed by atoms with Crippen molar-refractivity contribution in [1.82, 2.24) is 0 Å². The number of phenols is 2. The van der Waals surface area contributed by atoms with E-state index in [2.05, 4.69) is 0 Å². The minimum atomic E-state index is -1.52. The lowest BCUT2D eigenvalue weighted by Crippen LogP contribution is -2.59. The van der Waals surface area contributed by atoms with Gasteiger partial charge < -0.3 is 49.6 Å². The van der Waals surface area contributed by atoms with Crippen molar-refractivity contribution in [2.75, 3.05) is 27.4 Å². The number of benzene rings is 2. The summed E-state index contributed by atoms with van der Waals surface area (Å²) in [7, 11) is 2.95. The molecule has 35 heavy (non-hydrogen) atoms. The molecule has 194 valence electrons. The number of ether oxygens (including phenoxy) is 4. The van der Waals surface area contributed by atoms with Crippen LogP contribution in [0.4, 0.5) is 0 Å². The first-order chi connectivity index (χ1) is 16.8. The highest BCUT2D eigenvalue weighted by Crippen LogP contribution is 2.30. The van der Waals surface area contributed by atoms with E-state index in [9.17, 15) is 30.6 Å². The highest BCUT2D eigenvalue weighted by molar-refractivity contribution is 5.42. The van der Waals surface area contributed by atoms with Gasteiger partial charge in [0.05, 0.1) is 27.4 Å². The predicted molar refractivity (Wildman–Crippen MR) is 125 cm³/mol. The first kappa shape index (κ1) is 27.0. The van der Waals surface area contributed by atoms with Gasteiger partial charge >= 0.3 is 0 Å². The monoisotopic (exact) mass is 494 g/mol. The molecule has 0 aliphatic carbocycles. The zero-order valence-electron chi connectivity index (χ0n) is 19.8. The van der Waals surface area contributed by atoms with E-state index in [1.807, 2.05) is 0 Å². The Labute approximate surface area is 203 Å². The van der Waals surface area contributed by atoms with Gasteiger partial charge in [-0.1, -0.05) is 12.1 Å². The molecule has 0 radical (unpaired) electrons. The van der Waals surface area contributed by atoms with Crippen LogP contribution in [0.2, 0.25) is 0 Å². The van der Waals surface area contributed by atoms with Crippen LogP contribution in [0.15, 0.2) is 36.4 Å². The Morgan fingerprint density at radius 2 is 1.46 bits per heavy atom. The van der Waals surface area contributed by atoms with E-state index in [-0.39, 0.29) is 24.0 Å². The van der Waals surface area contributed by atoms with E-state index in [0.717, 1.165) is 11.1 Å². The summed E-state index contributed by atoms with van der Waals surface area (Å²) < 4.78 is 21.7. The molecule has 0 saturated carbocycles. The highest BCUT2D eigenvalue weighted by Gasteiger charge is 2.44. The van der Waals surface area contributed by atoms with Crippen molar-refractivity contribution < 1.29 is 49.6 Å². The van der Waals surface area contributed by atoms with Crippen molar-refractivity contribution in [3.8, 4) is 23.0 Å². The number of aliphatic hydroxyl groups is 4. The van der Waals surface area contributed by atoms with Crippen LogP contribution in [0.1, 0.15) is 17.5 Å². The van der Waals surface area contributed by atoms with Gasteiger partial charge in [-0.05, 0) is 60.6 Å². The minimum Gasteiger partial charge on any atom is -0.504 e. The Bertz CT molecular complexity index is 950. The van der Waals surface area contributed by atoms with Gasteiger partial charge in [-0.15, -0.1) is 0 Å². The Morgan fingerprint density at radius 1 is 0.857 bits per heavy atom. The molecular weight excluding hydrogens is 460 g/mol. The summed E-state index contributed by atoms with van der Waals surface area (Å²) in [4.78, 5) is 0. The van der Waals surface area contributed by atoms with E-state index < -0.39 is 37.3 Å². The van der Waals surface area contributed by atoms with Crippen molar-refractivity contribution in [3.63, 3.8) is 0 Å². The average Bonchev–Trinajstić information content (AvgIpc) is 2.86. The third-order valence-corrected chi connectivity index (χ3v) is 6.20. The van der Waals surface area contributed by atoms with Gasteiger partial charge in [0.1, 0.15) is 24.4 Å². The van der Waals surface area contributed by atoms with Crippen molar-refractivity contribution in [2.45, 2.75) is 50.0 Å². The van der Waals surface area contributed by atoms with Crippen molar-refractivity contribution in [1.29, 1.82) is 0 Å². The molecule has 3 rings (SSSR count). The average molecular weight is 495 g/mol. The second-order valence-corrected chi connectivity index (χ2v) is 8.65. The molecule has 1 aliphatic rings. The molecule has 0 spiro atoms. The maximum absolute atomic E-state index is 10.3. The van der Waals surface area contributed by atoms with Crippen molar-refractivity contribution in [3.05, 3.63) is 47.5 Å². The van der Waals surface area contributed by atoms with Gasteiger partial charge in [-0.3, -0.25) is 0 Å². The number of methoxy groups -OCH3 is 2. The molecule has 1 aliphatic heterocycles. The summed E-state index contributed by atoms with van der Waals surface area (Å²) in [6.07, 6.45) is -4.91. The van der Waals surface area contributed by atoms with Gasteiger partial charge in [0.2, 0.25) is 0 Å². The Morgan fingerprint density at radius 3 is 2.06 bits per heavy atom. The standard InChI is InChI=1S/C25H34O10/c1-32-19-10-14(5-7-17(19)27)3-4-16(9-15-6-8-18(28)20(11-15)33-2)13-34-25-24(31)23(30)22(29)21(12-26)35-25/h5-8,10-11,16,21-31H,3-4,9,12-13H2,1-2H3. The summed E-state index contributed by atoms with van der Waals surface area (Å²) in [6, 6.07) is 10.2. The van der Waals surface area contributed by atoms with Gasteiger partial charge in [0.25, 0.3) is 0 Å². The van der Waals surface area contributed by atoms with Crippen LogP contribution in [0.3, 0.4) is 0 Å². The summed E-state index contributed by atoms with van der Waals surface area (Å²) in [5.41, 5.74) is 1.84. The van der Waals surface area contributed by atoms with E-state index in [1.165, 1.54) is 14.2 Å². The zero-order valence-corrected chi connectivity index (χ0v) is 19.8. The number of hydrogen-bond acceptors (Lipinski definition) is 10. The number of rotatable bonds is 11. The predicted octanol–water partition coefficient (Wildman–Crippen LogP) is 0.723. The topological polar surface area (TPSA) is 158 Å². The van der Waals surface area contributed by atoms with Crippen LogP contribution in [-0.4, -0.2) is 88.8 Å². The lowest BCUT2D eigenvalue weighted by atomic mass is 9.93. The lowest BCUT2D eigenvalue weighted by Gasteiger charge is -2.40. The van der Waals surface area contributed by atoms with E-state index in [0.29, 0.717) is 30.8 Å². The van der Waals surface area contributed by atoms with Crippen LogP contribution in [0, 0.1) is 5.92 Å². The molecule has 1 fully saturated rings. The van der Waals surface area contributed by atoms with Crippen LogP contribution in [0.25, 0.3) is 0 Å². The van der Waals surface area contributed by atoms with Gasteiger partial charge in [-0.2, -0.15) is 0 Å². The molecule has 1 heterocycles. The molecule has 0 bridgehead atoms. The third kappa shape index (κ3) is 6.75. The van der Waals surface area contributed by atoms with Crippen molar-refractivity contribution >= 4 is 0 Å². The Balaban J connectivity index is 1.73. The number of aliphatic hydroxyl groups excluding tert-OH is 4. The minimum absolute atomic E-state index is 0.0292. The number of hydrogen-bond donors (Lipinski definition) is 6. The summed E-state index contributed by atoms with van der Waals surface area (Å²) in [5, 5.41) is 59.5. The molecule has 0 aromatic heterocycles. The van der Waals surface area contributed by atoms with E-state index >= 15 is 0 Å². The zero-order chi connectivity index (χ0) is 25.5. The van der Waals surface area contributed by atoms with Gasteiger partial charge in [0, 0.05) is 0 Å². The molecule has 6 atom stereocenters. The highest BCUT2D eigenvalue weighted by atomic mass is 16.7. The number of phenolic OH excluding ortho intramolecular Hbond substituents is 2. The smallest absolute Gasteiger partial charge is 0.186 e. The molecule has 1 saturated heterocycles. The van der Waals surface area contributed by atoms with Crippen LogP contribution < -0.4 is 9.47 Å². The summed E-state index contributed by atoms with van der Waals surface area (Å²) in [5.74, 6) is 0.715. The fourth-order valence-corrected chi connectivity index (χ4v) is 4.11. The maximum Gasteiger partial charge on any atom is 0.186 e. The fourth-order valence-electron chi connectivity index (χ4n) is 4.11. The Hall–Kier alpha value is -2.60. The van der Waals surface area contributed by atoms with E-state index in [1.54, 1.807) is 36.4 Å². The normalized spacial score (nSPS) is 25.3. The molecule has 6 unspecified atom stereocenters. The summed E-state index contributed by atoms with van der Waals surface area (Å²) in [6.45, 7) is -0.397. The Kier molecular flexibility index (Phi) is 9.55.